The molecule has 100 valence electrons. The van der Waals surface area contributed by atoms with Crippen LogP contribution in [-0.2, 0) is 11.3 Å². The zero-order chi connectivity index (χ0) is 13.5. The average molecular weight is 250 g/mol. The molecule has 0 atom stereocenters. The molecule has 1 rings (SSSR count). The summed E-state index contributed by atoms with van der Waals surface area (Å²) in [7, 11) is 1.61. The van der Waals surface area contributed by atoms with Crippen molar-refractivity contribution in [3.63, 3.8) is 0 Å². The van der Waals surface area contributed by atoms with Gasteiger partial charge in [0.1, 0.15) is 5.75 Å². The van der Waals surface area contributed by atoms with E-state index in [1.165, 1.54) is 0 Å². The van der Waals surface area contributed by atoms with E-state index in [2.05, 4.69) is 5.32 Å². The van der Waals surface area contributed by atoms with Crippen LogP contribution in [-0.4, -0.2) is 13.0 Å². The van der Waals surface area contributed by atoms with Crippen molar-refractivity contribution in [3.05, 3.63) is 23.8 Å². The van der Waals surface area contributed by atoms with Crippen molar-refractivity contribution in [2.75, 3.05) is 12.8 Å². The number of rotatable bonds is 6. The third kappa shape index (κ3) is 3.65. The lowest BCUT2D eigenvalue weighted by atomic mass is 10.0. The summed E-state index contributed by atoms with van der Waals surface area (Å²) in [5, 5.41) is 2.93. The summed E-state index contributed by atoms with van der Waals surface area (Å²) in [5.74, 6) is 0.913. The van der Waals surface area contributed by atoms with Gasteiger partial charge in [0.25, 0.3) is 0 Å². The molecule has 0 aromatic heterocycles. The summed E-state index contributed by atoms with van der Waals surface area (Å²) in [6.45, 7) is 4.49. The van der Waals surface area contributed by atoms with Crippen molar-refractivity contribution in [2.24, 2.45) is 5.92 Å². The van der Waals surface area contributed by atoms with E-state index in [1.54, 1.807) is 13.2 Å². The minimum atomic E-state index is 0.0806. The molecule has 0 spiro atoms. The first-order chi connectivity index (χ1) is 8.62. The number of carbonyl (C=O) groups is 1. The van der Waals surface area contributed by atoms with Crippen LogP contribution in [0, 0.1) is 5.92 Å². The number of benzene rings is 1. The van der Waals surface area contributed by atoms with Crippen LogP contribution in [0.15, 0.2) is 18.2 Å². The van der Waals surface area contributed by atoms with Gasteiger partial charge in [-0.25, -0.2) is 0 Å². The van der Waals surface area contributed by atoms with Crippen LogP contribution in [0.1, 0.15) is 32.3 Å². The second kappa shape index (κ2) is 6.89. The maximum Gasteiger partial charge on any atom is 0.223 e. The standard InChI is InChI=1S/C14H22N2O2/c1-4-10(5-2)14(17)16-9-11-8-12(15)6-7-13(11)18-3/h6-8,10H,4-5,9,15H2,1-3H3,(H,16,17). The number of hydrogen-bond donors (Lipinski definition) is 2. The van der Waals surface area contributed by atoms with Crippen LogP contribution in [0.4, 0.5) is 5.69 Å². The molecule has 0 heterocycles. The summed E-state index contributed by atoms with van der Waals surface area (Å²) >= 11 is 0. The Kier molecular flexibility index (Phi) is 5.49. The Morgan fingerprint density at radius 2 is 2.06 bits per heavy atom. The van der Waals surface area contributed by atoms with Crippen molar-refractivity contribution in [1.82, 2.24) is 5.32 Å². The number of nitrogens with two attached hydrogens (primary N) is 1. The maximum absolute atomic E-state index is 11.9. The molecular formula is C14H22N2O2. The molecule has 0 saturated heterocycles. The van der Waals surface area contributed by atoms with E-state index in [1.807, 2.05) is 26.0 Å². The fourth-order valence-corrected chi connectivity index (χ4v) is 1.92. The molecule has 1 amide bonds. The normalized spacial score (nSPS) is 10.4. The maximum atomic E-state index is 11.9. The Labute approximate surface area is 109 Å². The molecule has 1 aromatic rings. The number of hydrogen-bond acceptors (Lipinski definition) is 3. The predicted octanol–water partition coefficient (Wildman–Crippen LogP) is 2.33. The van der Waals surface area contributed by atoms with E-state index in [-0.39, 0.29) is 11.8 Å². The summed E-state index contributed by atoms with van der Waals surface area (Å²) in [6.07, 6.45) is 1.72. The average Bonchev–Trinajstić information content (AvgIpc) is 2.38. The first kappa shape index (κ1) is 14.4. The van der Waals surface area contributed by atoms with E-state index in [9.17, 15) is 4.79 Å². The number of nitrogen functional groups attached to an aromatic ring is 1. The zero-order valence-electron chi connectivity index (χ0n) is 11.3. The summed E-state index contributed by atoms with van der Waals surface area (Å²) in [4.78, 5) is 11.9. The molecule has 0 aliphatic carbocycles. The molecule has 0 fully saturated rings. The van der Waals surface area contributed by atoms with Gasteiger partial charge in [0, 0.05) is 23.7 Å². The van der Waals surface area contributed by atoms with Gasteiger partial charge in [0.15, 0.2) is 0 Å². The Bertz CT molecular complexity index is 401. The fraction of sp³-hybridized carbons (Fsp3) is 0.500. The first-order valence-corrected chi connectivity index (χ1v) is 6.32. The van der Waals surface area contributed by atoms with Gasteiger partial charge < -0.3 is 15.8 Å². The van der Waals surface area contributed by atoms with Gasteiger partial charge in [-0.3, -0.25) is 4.79 Å². The monoisotopic (exact) mass is 250 g/mol. The number of anilines is 1. The Morgan fingerprint density at radius 3 is 2.61 bits per heavy atom. The lowest BCUT2D eigenvalue weighted by Crippen LogP contribution is -2.29. The van der Waals surface area contributed by atoms with Crippen LogP contribution in [0.3, 0.4) is 0 Å². The quantitative estimate of drug-likeness (QED) is 0.762. The van der Waals surface area contributed by atoms with E-state index < -0.39 is 0 Å². The van der Waals surface area contributed by atoms with Crippen molar-refractivity contribution in [2.45, 2.75) is 33.2 Å². The molecule has 0 bridgehead atoms. The largest absolute Gasteiger partial charge is 0.496 e. The van der Waals surface area contributed by atoms with Gasteiger partial charge in [-0.05, 0) is 31.0 Å². The van der Waals surface area contributed by atoms with E-state index in [4.69, 9.17) is 10.5 Å². The molecule has 0 saturated carbocycles. The highest BCUT2D eigenvalue weighted by Crippen LogP contribution is 2.21. The van der Waals surface area contributed by atoms with Gasteiger partial charge in [-0.2, -0.15) is 0 Å². The highest BCUT2D eigenvalue weighted by atomic mass is 16.5. The molecule has 4 heteroatoms. The SMILES string of the molecule is CCC(CC)C(=O)NCc1cc(N)ccc1OC. The number of methoxy groups -OCH3 is 1. The van der Waals surface area contributed by atoms with Crippen LogP contribution in [0.25, 0.3) is 0 Å². The molecule has 0 radical (unpaired) electrons. The molecule has 1 aromatic carbocycles. The molecule has 4 nitrogen and oxygen atoms in total. The van der Waals surface area contributed by atoms with Crippen molar-refractivity contribution in [3.8, 4) is 5.75 Å². The minimum absolute atomic E-state index is 0.0806. The molecule has 3 N–H and O–H groups in total. The van der Waals surface area contributed by atoms with E-state index in [0.29, 0.717) is 12.2 Å². The lowest BCUT2D eigenvalue weighted by Gasteiger charge is -2.14. The van der Waals surface area contributed by atoms with Crippen LogP contribution in [0.5, 0.6) is 5.75 Å². The van der Waals surface area contributed by atoms with Gasteiger partial charge in [0.05, 0.1) is 7.11 Å². The molecule has 0 aliphatic heterocycles. The third-order valence-corrected chi connectivity index (χ3v) is 3.11. The van der Waals surface area contributed by atoms with Gasteiger partial charge in [-0.15, -0.1) is 0 Å². The van der Waals surface area contributed by atoms with Crippen molar-refractivity contribution in [1.29, 1.82) is 0 Å². The third-order valence-electron chi connectivity index (χ3n) is 3.11. The molecule has 0 aliphatic rings. The highest BCUT2D eigenvalue weighted by molar-refractivity contribution is 5.78. The molecule has 0 unspecified atom stereocenters. The topological polar surface area (TPSA) is 64.4 Å². The highest BCUT2D eigenvalue weighted by Gasteiger charge is 2.14. The van der Waals surface area contributed by atoms with Crippen LogP contribution in [0.2, 0.25) is 0 Å². The first-order valence-electron chi connectivity index (χ1n) is 6.32. The summed E-state index contributed by atoms with van der Waals surface area (Å²) < 4.78 is 5.24. The van der Waals surface area contributed by atoms with E-state index >= 15 is 0 Å². The number of ether oxygens (including phenoxy) is 1. The summed E-state index contributed by atoms with van der Waals surface area (Å²) in [6, 6.07) is 5.42. The van der Waals surface area contributed by atoms with Crippen molar-refractivity contribution < 1.29 is 9.53 Å². The Morgan fingerprint density at radius 1 is 1.39 bits per heavy atom. The van der Waals surface area contributed by atoms with E-state index in [0.717, 1.165) is 24.2 Å². The number of carbonyl (C=O) groups excluding carboxylic acids is 1. The fourth-order valence-electron chi connectivity index (χ4n) is 1.92. The van der Waals surface area contributed by atoms with Crippen LogP contribution >= 0.6 is 0 Å². The summed E-state index contributed by atoms with van der Waals surface area (Å²) in [5.41, 5.74) is 7.30. The Hall–Kier alpha value is -1.71. The number of nitrogens with one attached hydrogen (secondary N) is 1. The Balaban J connectivity index is 2.68. The molecule has 18 heavy (non-hydrogen) atoms. The van der Waals surface area contributed by atoms with Gasteiger partial charge >= 0.3 is 0 Å². The predicted molar refractivity (Wildman–Crippen MR) is 73.3 cm³/mol. The van der Waals surface area contributed by atoms with Gasteiger partial charge in [-0.1, -0.05) is 13.8 Å². The second-order valence-electron chi connectivity index (χ2n) is 4.30. The van der Waals surface area contributed by atoms with Crippen molar-refractivity contribution >= 4 is 11.6 Å². The smallest absolute Gasteiger partial charge is 0.223 e. The minimum Gasteiger partial charge on any atom is -0.496 e. The second-order valence-corrected chi connectivity index (χ2v) is 4.30. The zero-order valence-corrected chi connectivity index (χ0v) is 11.3. The number of amides is 1. The van der Waals surface area contributed by atoms with Gasteiger partial charge in [0.2, 0.25) is 5.91 Å². The van der Waals surface area contributed by atoms with Crippen LogP contribution < -0.4 is 15.8 Å². The molecular weight excluding hydrogens is 228 g/mol. The lowest BCUT2D eigenvalue weighted by molar-refractivity contribution is -0.125.